The number of piperazine rings is 1. The van der Waals surface area contributed by atoms with Crippen molar-refractivity contribution in [3.8, 4) is 0 Å². The predicted molar refractivity (Wildman–Crippen MR) is 93.7 cm³/mol. The highest BCUT2D eigenvalue weighted by atomic mass is 79.9. The smallest absolute Gasteiger partial charge is 0.253 e. The molecule has 2 aliphatic heterocycles. The van der Waals surface area contributed by atoms with Crippen LogP contribution in [-0.4, -0.2) is 86.2 Å². The Morgan fingerprint density at radius 2 is 1.65 bits per heavy atom. The van der Waals surface area contributed by atoms with Crippen molar-refractivity contribution in [2.45, 2.75) is 0 Å². The molecule has 2 heterocycles. The largest absolute Gasteiger partial charge is 0.379 e. The summed E-state index contributed by atoms with van der Waals surface area (Å²) in [5, 5.41) is 0. The Balaban J connectivity index is 1.43. The fourth-order valence-electron chi connectivity index (χ4n) is 3.09. The lowest BCUT2D eigenvalue weighted by molar-refractivity contribution is 0.0293. The molecule has 2 saturated heterocycles. The van der Waals surface area contributed by atoms with Gasteiger partial charge in [0.2, 0.25) is 0 Å². The fraction of sp³-hybridized carbons (Fsp3) is 0.588. The van der Waals surface area contributed by atoms with Crippen LogP contribution in [0, 0.1) is 0 Å². The van der Waals surface area contributed by atoms with Crippen molar-refractivity contribution in [3.05, 3.63) is 34.3 Å². The van der Waals surface area contributed by atoms with E-state index in [0.717, 1.165) is 75.6 Å². The van der Waals surface area contributed by atoms with Gasteiger partial charge in [-0.3, -0.25) is 14.6 Å². The van der Waals surface area contributed by atoms with Gasteiger partial charge in [-0.2, -0.15) is 0 Å². The van der Waals surface area contributed by atoms with Gasteiger partial charge in [-0.1, -0.05) is 22.0 Å². The van der Waals surface area contributed by atoms with Crippen LogP contribution in [0.25, 0.3) is 0 Å². The highest BCUT2D eigenvalue weighted by Gasteiger charge is 2.22. The van der Waals surface area contributed by atoms with Gasteiger partial charge in [0.1, 0.15) is 0 Å². The Kier molecular flexibility index (Phi) is 6.05. The third-order valence-electron chi connectivity index (χ3n) is 4.57. The molecule has 0 radical (unpaired) electrons. The minimum Gasteiger partial charge on any atom is -0.379 e. The maximum absolute atomic E-state index is 12.5. The van der Waals surface area contributed by atoms with E-state index in [1.54, 1.807) is 0 Å². The van der Waals surface area contributed by atoms with Crippen molar-refractivity contribution in [1.82, 2.24) is 14.7 Å². The van der Waals surface area contributed by atoms with Crippen LogP contribution in [0.15, 0.2) is 28.7 Å². The molecule has 3 rings (SSSR count). The van der Waals surface area contributed by atoms with Gasteiger partial charge in [0.15, 0.2) is 0 Å². The second-order valence-corrected chi connectivity index (χ2v) is 7.01. The van der Waals surface area contributed by atoms with E-state index >= 15 is 0 Å². The average Bonchev–Trinajstić information content (AvgIpc) is 2.61. The summed E-state index contributed by atoms with van der Waals surface area (Å²) in [5.74, 6) is 0.138. The Hall–Kier alpha value is -0.950. The van der Waals surface area contributed by atoms with E-state index < -0.39 is 0 Å². The van der Waals surface area contributed by atoms with Crippen molar-refractivity contribution in [2.75, 3.05) is 65.6 Å². The summed E-state index contributed by atoms with van der Waals surface area (Å²) in [5.41, 5.74) is 0.765. The molecule has 6 heteroatoms. The third kappa shape index (κ3) is 4.76. The molecule has 2 aliphatic rings. The molecule has 0 spiro atoms. The van der Waals surface area contributed by atoms with Gasteiger partial charge in [0, 0.05) is 62.4 Å². The fourth-order valence-corrected chi connectivity index (χ4v) is 3.49. The summed E-state index contributed by atoms with van der Waals surface area (Å²) in [6.45, 7) is 9.53. The Morgan fingerprint density at radius 1 is 1.00 bits per heavy atom. The minimum atomic E-state index is 0.138. The number of carbonyl (C=O) groups excluding carboxylic acids is 1. The van der Waals surface area contributed by atoms with E-state index in [1.165, 1.54) is 0 Å². The molecule has 2 fully saturated rings. The molecule has 0 atom stereocenters. The van der Waals surface area contributed by atoms with E-state index in [4.69, 9.17) is 4.74 Å². The first-order chi connectivity index (χ1) is 11.2. The maximum atomic E-state index is 12.5. The molecule has 126 valence electrons. The van der Waals surface area contributed by atoms with Crippen LogP contribution in [-0.2, 0) is 4.74 Å². The monoisotopic (exact) mass is 381 g/mol. The van der Waals surface area contributed by atoms with E-state index in [0.29, 0.717) is 0 Å². The van der Waals surface area contributed by atoms with E-state index in [-0.39, 0.29) is 5.91 Å². The van der Waals surface area contributed by atoms with Crippen molar-refractivity contribution < 1.29 is 9.53 Å². The minimum absolute atomic E-state index is 0.138. The molecule has 0 saturated carbocycles. The first kappa shape index (κ1) is 16.9. The van der Waals surface area contributed by atoms with Gasteiger partial charge >= 0.3 is 0 Å². The predicted octanol–water partition coefficient (Wildman–Crippen LogP) is 1.54. The number of hydrogen-bond acceptors (Lipinski definition) is 4. The van der Waals surface area contributed by atoms with Crippen LogP contribution in [0.2, 0.25) is 0 Å². The topological polar surface area (TPSA) is 36.0 Å². The van der Waals surface area contributed by atoms with Crippen LogP contribution in [0.1, 0.15) is 10.4 Å². The molecule has 23 heavy (non-hydrogen) atoms. The van der Waals surface area contributed by atoms with Gasteiger partial charge in [0.25, 0.3) is 5.91 Å². The second-order valence-electron chi connectivity index (χ2n) is 6.10. The second kappa shape index (κ2) is 8.24. The molecule has 1 aromatic carbocycles. The Bertz CT molecular complexity index is 526. The Labute approximate surface area is 146 Å². The van der Waals surface area contributed by atoms with Crippen LogP contribution in [0.3, 0.4) is 0 Å². The highest BCUT2D eigenvalue weighted by molar-refractivity contribution is 9.10. The number of ether oxygens (including phenoxy) is 1. The van der Waals surface area contributed by atoms with Crippen molar-refractivity contribution in [3.63, 3.8) is 0 Å². The van der Waals surface area contributed by atoms with Crippen LogP contribution in [0.4, 0.5) is 0 Å². The molecule has 0 N–H and O–H groups in total. The van der Waals surface area contributed by atoms with Gasteiger partial charge in [-0.05, 0) is 18.2 Å². The summed E-state index contributed by atoms with van der Waals surface area (Å²) < 4.78 is 6.33. The molecule has 0 aliphatic carbocycles. The summed E-state index contributed by atoms with van der Waals surface area (Å²) in [6.07, 6.45) is 0. The van der Waals surface area contributed by atoms with Crippen LogP contribution >= 0.6 is 15.9 Å². The summed E-state index contributed by atoms with van der Waals surface area (Å²) in [4.78, 5) is 19.4. The number of amides is 1. The molecular weight excluding hydrogens is 358 g/mol. The third-order valence-corrected chi connectivity index (χ3v) is 5.06. The van der Waals surface area contributed by atoms with Crippen molar-refractivity contribution in [2.24, 2.45) is 0 Å². The van der Waals surface area contributed by atoms with Crippen molar-refractivity contribution in [1.29, 1.82) is 0 Å². The lowest BCUT2D eigenvalue weighted by Crippen LogP contribution is -2.51. The standard InChI is InChI=1S/C17H24BrN3O2/c18-16-3-1-2-15(14-16)17(22)21-8-6-19(7-9-21)4-5-20-10-12-23-13-11-20/h1-3,14H,4-13H2. The average molecular weight is 382 g/mol. The zero-order valence-electron chi connectivity index (χ0n) is 13.4. The number of morpholine rings is 1. The molecule has 1 aromatic rings. The van der Waals surface area contributed by atoms with Crippen LogP contribution in [0.5, 0.6) is 0 Å². The maximum Gasteiger partial charge on any atom is 0.253 e. The number of carbonyl (C=O) groups is 1. The lowest BCUT2D eigenvalue weighted by Gasteiger charge is -2.36. The molecular formula is C17H24BrN3O2. The molecule has 5 nitrogen and oxygen atoms in total. The quantitative estimate of drug-likeness (QED) is 0.792. The molecule has 0 aromatic heterocycles. The summed E-state index contributed by atoms with van der Waals surface area (Å²) in [6, 6.07) is 7.64. The van der Waals surface area contributed by atoms with Gasteiger partial charge < -0.3 is 9.64 Å². The SMILES string of the molecule is O=C(c1cccc(Br)c1)N1CCN(CCN2CCOCC2)CC1. The zero-order valence-corrected chi connectivity index (χ0v) is 15.0. The molecule has 0 bridgehead atoms. The number of hydrogen-bond donors (Lipinski definition) is 0. The molecule has 1 amide bonds. The number of benzene rings is 1. The number of rotatable bonds is 4. The van der Waals surface area contributed by atoms with Crippen molar-refractivity contribution >= 4 is 21.8 Å². The normalized spacial score (nSPS) is 20.7. The van der Waals surface area contributed by atoms with Gasteiger partial charge in [-0.25, -0.2) is 0 Å². The van der Waals surface area contributed by atoms with Gasteiger partial charge in [0.05, 0.1) is 13.2 Å². The summed E-state index contributed by atoms with van der Waals surface area (Å²) >= 11 is 3.43. The van der Waals surface area contributed by atoms with E-state index in [1.807, 2.05) is 29.2 Å². The first-order valence-corrected chi connectivity index (χ1v) is 9.09. The zero-order chi connectivity index (χ0) is 16.1. The van der Waals surface area contributed by atoms with E-state index in [2.05, 4.69) is 25.7 Å². The van der Waals surface area contributed by atoms with Crippen LogP contribution < -0.4 is 0 Å². The number of nitrogens with zero attached hydrogens (tertiary/aromatic N) is 3. The Morgan fingerprint density at radius 3 is 2.30 bits per heavy atom. The lowest BCUT2D eigenvalue weighted by atomic mass is 10.2. The number of halogens is 1. The van der Waals surface area contributed by atoms with E-state index in [9.17, 15) is 4.79 Å². The highest BCUT2D eigenvalue weighted by Crippen LogP contribution is 2.14. The summed E-state index contributed by atoms with van der Waals surface area (Å²) in [7, 11) is 0. The first-order valence-electron chi connectivity index (χ1n) is 8.30. The molecule has 0 unspecified atom stereocenters. The van der Waals surface area contributed by atoms with Gasteiger partial charge in [-0.15, -0.1) is 0 Å².